The first-order valence-electron chi connectivity index (χ1n) is 18.8. The molecule has 284 valence electrons. The molecule has 5 fully saturated rings. The van der Waals surface area contributed by atoms with E-state index in [1.165, 1.54) is 6.42 Å². The first kappa shape index (κ1) is 38.0. The number of benzene rings is 2. The molecule has 1 unspecified atom stereocenters. The second kappa shape index (κ2) is 15.3. The molecule has 3 aliphatic carbocycles. The van der Waals surface area contributed by atoms with E-state index in [-0.39, 0.29) is 42.3 Å². The Kier molecular flexibility index (Phi) is 11.2. The lowest BCUT2D eigenvalue weighted by molar-refractivity contribution is -0.183. The van der Waals surface area contributed by atoms with Crippen LogP contribution in [-0.4, -0.2) is 97.7 Å². The lowest BCUT2D eigenvalue weighted by Crippen LogP contribution is -2.62. The molecule has 0 aromatic heterocycles. The van der Waals surface area contributed by atoms with Gasteiger partial charge in [-0.15, -0.1) is 0 Å². The number of amides is 3. The van der Waals surface area contributed by atoms with Gasteiger partial charge >= 0.3 is 0 Å². The summed E-state index contributed by atoms with van der Waals surface area (Å²) in [6, 6.07) is 9.85. The molecule has 52 heavy (non-hydrogen) atoms. The highest BCUT2D eigenvalue weighted by atomic mass is 16.7. The molecule has 2 aromatic carbocycles. The number of nitrogens with zero attached hydrogens (tertiary/aromatic N) is 2. The molecule has 7 rings (SSSR count). The van der Waals surface area contributed by atoms with E-state index in [2.05, 4.69) is 36.7 Å². The summed E-state index contributed by atoms with van der Waals surface area (Å²) in [6.07, 6.45) is 2.73. The van der Waals surface area contributed by atoms with Gasteiger partial charge in [-0.1, -0.05) is 39.0 Å². The average Bonchev–Trinajstić information content (AvgIpc) is 3.37. The Morgan fingerprint density at radius 2 is 1.92 bits per heavy atom. The van der Waals surface area contributed by atoms with Crippen molar-refractivity contribution in [2.45, 2.75) is 96.7 Å². The predicted octanol–water partition coefficient (Wildman–Crippen LogP) is 3.49. The number of carbonyl (C=O) groups is 3. The molecule has 0 spiro atoms. The minimum absolute atomic E-state index is 0.0270. The maximum Gasteiger partial charge on any atom is 0.252 e. The summed E-state index contributed by atoms with van der Waals surface area (Å²) in [6.45, 7) is 8.91. The maximum absolute atomic E-state index is 14.2. The SMILES string of the molecule is COc1c(CN2O[C@@H](CO)[C@H]([C@H](C)O)[C@H]2C(=O)N[C@H]2C[C@H]3C[C@H]([C@@H]2C)C3(C)C)cccc1-c1cc(C(=O)NC2CCCCNC2=O)cc(N(C)C)c1. The highest BCUT2D eigenvalue weighted by molar-refractivity contribution is 5.99. The van der Waals surface area contributed by atoms with Crippen molar-refractivity contribution in [2.75, 3.05) is 39.3 Å². The van der Waals surface area contributed by atoms with E-state index < -0.39 is 30.2 Å². The number of ether oxygens (including phenoxy) is 1. The summed E-state index contributed by atoms with van der Waals surface area (Å²) in [7, 11) is 5.38. The number of hydrogen-bond donors (Lipinski definition) is 5. The molecule has 5 aliphatic rings. The van der Waals surface area contributed by atoms with Crippen LogP contribution in [0.25, 0.3) is 11.1 Å². The van der Waals surface area contributed by atoms with Crippen LogP contribution in [0, 0.1) is 29.1 Å². The molecular formula is C40H57N5O7. The van der Waals surface area contributed by atoms with Gasteiger partial charge in [0, 0.05) is 55.0 Å². The molecule has 2 saturated heterocycles. The number of methoxy groups -OCH3 is 1. The van der Waals surface area contributed by atoms with Gasteiger partial charge in [0.1, 0.15) is 23.9 Å². The van der Waals surface area contributed by atoms with Gasteiger partial charge in [0.15, 0.2) is 0 Å². The standard InChI is InChI=1S/C40H57N5O7/c1-22-30-18-27(40(30,3)4)19-32(22)43-39(50)35-34(23(2)47)33(21-46)52-45(35)20-24-11-10-12-29(36(24)51-7)25-15-26(17-28(16-25)44(5)6)37(48)42-31-13-8-9-14-41-38(31)49/h10-12,15-17,22-23,27,30-35,46-47H,8-9,13-14,18-21H2,1-7H3,(H,41,49)(H,42,48)(H,43,50)/t22-,23-,27+,30+,31?,32-,33-,34-,35-/m0/s1. The first-order valence-corrected chi connectivity index (χ1v) is 18.8. The zero-order valence-electron chi connectivity index (χ0n) is 31.6. The number of carbonyl (C=O) groups excluding carboxylic acids is 3. The molecule has 9 atom stereocenters. The minimum atomic E-state index is -0.912. The zero-order valence-corrected chi connectivity index (χ0v) is 31.6. The van der Waals surface area contributed by atoms with E-state index in [9.17, 15) is 24.6 Å². The van der Waals surface area contributed by atoms with Crippen molar-refractivity contribution >= 4 is 23.4 Å². The van der Waals surface area contributed by atoms with Crippen LogP contribution in [0.2, 0.25) is 0 Å². The topological polar surface area (TPSA) is 153 Å². The van der Waals surface area contributed by atoms with E-state index in [1.54, 1.807) is 31.2 Å². The van der Waals surface area contributed by atoms with Crippen LogP contribution < -0.4 is 25.6 Å². The van der Waals surface area contributed by atoms with Gasteiger partial charge in [-0.25, -0.2) is 0 Å². The third-order valence-corrected chi connectivity index (χ3v) is 12.5. The maximum atomic E-state index is 14.2. The molecule has 5 N–H and O–H groups in total. The Balaban J connectivity index is 1.29. The number of para-hydroxylation sites is 1. The quantitative estimate of drug-likeness (QED) is 0.235. The molecule has 3 saturated carbocycles. The fourth-order valence-corrected chi connectivity index (χ4v) is 9.30. The van der Waals surface area contributed by atoms with Gasteiger partial charge in [0.2, 0.25) is 11.8 Å². The number of fused-ring (bicyclic) bond motifs is 2. The van der Waals surface area contributed by atoms with E-state index in [0.717, 1.165) is 41.6 Å². The molecule has 2 aliphatic heterocycles. The fraction of sp³-hybridized carbons (Fsp3) is 0.625. The van der Waals surface area contributed by atoms with E-state index in [0.29, 0.717) is 42.0 Å². The Labute approximate surface area is 307 Å². The van der Waals surface area contributed by atoms with Crippen LogP contribution in [-0.2, 0) is 21.0 Å². The van der Waals surface area contributed by atoms with Gasteiger partial charge in [-0.05, 0) is 86.0 Å². The monoisotopic (exact) mass is 719 g/mol. The number of nitrogens with one attached hydrogen (secondary N) is 3. The van der Waals surface area contributed by atoms with Crippen LogP contribution in [0.15, 0.2) is 36.4 Å². The summed E-state index contributed by atoms with van der Waals surface area (Å²) < 4.78 is 6.04. The van der Waals surface area contributed by atoms with Crippen molar-refractivity contribution in [3.8, 4) is 16.9 Å². The van der Waals surface area contributed by atoms with Crippen LogP contribution in [0.4, 0.5) is 5.69 Å². The number of hydrogen-bond acceptors (Lipinski definition) is 9. The number of rotatable bonds is 11. The normalized spacial score (nSPS) is 30.4. The summed E-state index contributed by atoms with van der Waals surface area (Å²) >= 11 is 0. The molecule has 12 nitrogen and oxygen atoms in total. The summed E-state index contributed by atoms with van der Waals surface area (Å²) in [4.78, 5) is 48.6. The number of anilines is 1. The Morgan fingerprint density at radius 3 is 2.58 bits per heavy atom. The van der Waals surface area contributed by atoms with E-state index in [1.807, 2.05) is 43.3 Å². The van der Waals surface area contributed by atoms with Crippen LogP contribution in [0.5, 0.6) is 5.75 Å². The number of aliphatic hydroxyl groups excluding tert-OH is 2. The lowest BCUT2D eigenvalue weighted by atomic mass is 9.45. The third kappa shape index (κ3) is 7.27. The van der Waals surface area contributed by atoms with Gasteiger partial charge < -0.3 is 35.8 Å². The molecular weight excluding hydrogens is 662 g/mol. The smallest absolute Gasteiger partial charge is 0.252 e. The minimum Gasteiger partial charge on any atom is -0.496 e. The van der Waals surface area contributed by atoms with Crippen molar-refractivity contribution in [2.24, 2.45) is 29.1 Å². The Bertz CT molecular complexity index is 1650. The van der Waals surface area contributed by atoms with Crippen molar-refractivity contribution in [3.63, 3.8) is 0 Å². The number of hydroxylamine groups is 2. The molecule has 0 radical (unpaired) electrons. The average molecular weight is 720 g/mol. The molecule has 2 heterocycles. The Morgan fingerprint density at radius 1 is 1.15 bits per heavy atom. The van der Waals surface area contributed by atoms with Crippen LogP contribution in [0.3, 0.4) is 0 Å². The first-order chi connectivity index (χ1) is 24.7. The predicted molar refractivity (Wildman–Crippen MR) is 198 cm³/mol. The van der Waals surface area contributed by atoms with Crippen LogP contribution in [0.1, 0.15) is 75.7 Å². The van der Waals surface area contributed by atoms with Gasteiger partial charge in [-0.3, -0.25) is 19.2 Å². The van der Waals surface area contributed by atoms with E-state index in [4.69, 9.17) is 9.57 Å². The van der Waals surface area contributed by atoms with Crippen molar-refractivity contribution in [3.05, 3.63) is 47.5 Å². The Hall–Kier alpha value is -3.71. The van der Waals surface area contributed by atoms with Gasteiger partial charge in [0.25, 0.3) is 5.91 Å². The lowest BCUT2D eigenvalue weighted by Gasteiger charge is -2.62. The highest BCUT2D eigenvalue weighted by Gasteiger charge is 2.57. The summed E-state index contributed by atoms with van der Waals surface area (Å²) in [5.41, 5.74) is 3.67. The molecule has 3 amide bonds. The van der Waals surface area contributed by atoms with Crippen molar-refractivity contribution < 1.29 is 34.2 Å². The van der Waals surface area contributed by atoms with Crippen molar-refractivity contribution in [1.29, 1.82) is 0 Å². The molecule has 2 bridgehead atoms. The number of aliphatic hydroxyl groups is 2. The second-order valence-electron chi connectivity index (χ2n) is 16.2. The third-order valence-electron chi connectivity index (χ3n) is 12.5. The van der Waals surface area contributed by atoms with Gasteiger partial charge in [-0.2, -0.15) is 5.06 Å². The largest absolute Gasteiger partial charge is 0.496 e. The van der Waals surface area contributed by atoms with E-state index >= 15 is 0 Å². The fourth-order valence-electron chi connectivity index (χ4n) is 9.30. The second-order valence-corrected chi connectivity index (χ2v) is 16.2. The van der Waals surface area contributed by atoms with Gasteiger partial charge in [0.05, 0.1) is 26.4 Å². The van der Waals surface area contributed by atoms with Crippen LogP contribution >= 0.6 is 0 Å². The molecule has 2 aromatic rings. The van der Waals surface area contributed by atoms with Crippen molar-refractivity contribution in [1.82, 2.24) is 21.0 Å². The highest BCUT2D eigenvalue weighted by Crippen LogP contribution is 2.61. The molecule has 12 heteroatoms. The summed E-state index contributed by atoms with van der Waals surface area (Å²) in [5.74, 6) is 0.593. The summed E-state index contributed by atoms with van der Waals surface area (Å²) in [5, 5.41) is 32.0. The zero-order chi connectivity index (χ0) is 37.5.